The topological polar surface area (TPSA) is 116 Å². The fourth-order valence-corrected chi connectivity index (χ4v) is 4.48. The number of likely N-dealkylation sites (N-methyl/N-ethyl adjacent to an activating group) is 1. The van der Waals surface area contributed by atoms with Gasteiger partial charge in [-0.25, -0.2) is 9.97 Å². The first-order chi connectivity index (χ1) is 19.5. The molecule has 10 heteroatoms. The van der Waals surface area contributed by atoms with Crippen LogP contribution in [0.1, 0.15) is 0 Å². The number of aliphatic hydroxyl groups excluding tert-OH is 1. The van der Waals surface area contributed by atoms with Gasteiger partial charge in [0.25, 0.3) is 0 Å². The number of pyridine rings is 1. The zero-order chi connectivity index (χ0) is 27.9. The SMILES string of the molecule is CN(C)CC=CC(=O)Nc1cccc(-c2nccc3cnc(Nc4ccc(N5CCOC(CO)C5)cc4)nc23)c1. The summed E-state index contributed by atoms with van der Waals surface area (Å²) >= 11 is 0. The van der Waals surface area contributed by atoms with E-state index in [-0.39, 0.29) is 18.6 Å². The number of carbonyl (C=O) groups is 1. The Hall–Kier alpha value is -4.38. The van der Waals surface area contributed by atoms with Crippen LogP contribution in [0.15, 0.2) is 79.1 Å². The van der Waals surface area contributed by atoms with Crippen molar-refractivity contribution in [2.75, 3.05) is 62.5 Å². The Morgan fingerprint density at radius 3 is 2.80 bits per heavy atom. The van der Waals surface area contributed by atoms with Crippen molar-refractivity contribution in [3.05, 3.63) is 79.1 Å². The minimum Gasteiger partial charge on any atom is -0.394 e. The number of carbonyl (C=O) groups excluding carboxylic acids is 1. The van der Waals surface area contributed by atoms with E-state index in [1.165, 1.54) is 6.08 Å². The quantitative estimate of drug-likeness (QED) is 0.274. The van der Waals surface area contributed by atoms with E-state index in [0.717, 1.165) is 28.9 Å². The third kappa shape index (κ3) is 6.78. The van der Waals surface area contributed by atoms with Gasteiger partial charge >= 0.3 is 0 Å². The molecule has 206 valence electrons. The van der Waals surface area contributed by atoms with Crippen LogP contribution in [0.2, 0.25) is 0 Å². The molecule has 40 heavy (non-hydrogen) atoms. The van der Waals surface area contributed by atoms with Crippen molar-refractivity contribution in [3.63, 3.8) is 0 Å². The predicted octanol–water partition coefficient (Wildman–Crippen LogP) is 3.69. The first-order valence-electron chi connectivity index (χ1n) is 13.2. The van der Waals surface area contributed by atoms with Gasteiger partial charge in [-0.3, -0.25) is 9.78 Å². The Balaban J connectivity index is 1.33. The van der Waals surface area contributed by atoms with Crippen LogP contribution < -0.4 is 15.5 Å². The molecule has 1 aliphatic rings. The van der Waals surface area contributed by atoms with Gasteiger partial charge in [-0.1, -0.05) is 18.2 Å². The monoisotopic (exact) mass is 539 g/mol. The third-order valence-electron chi connectivity index (χ3n) is 6.47. The summed E-state index contributed by atoms with van der Waals surface area (Å²) in [5.74, 6) is 0.267. The van der Waals surface area contributed by atoms with E-state index in [4.69, 9.17) is 9.72 Å². The highest BCUT2D eigenvalue weighted by atomic mass is 16.5. The summed E-state index contributed by atoms with van der Waals surface area (Å²) < 4.78 is 5.55. The average molecular weight is 540 g/mol. The molecule has 1 saturated heterocycles. The summed E-state index contributed by atoms with van der Waals surface area (Å²) in [5.41, 5.74) is 4.83. The largest absolute Gasteiger partial charge is 0.394 e. The Morgan fingerprint density at radius 2 is 2.00 bits per heavy atom. The number of nitrogens with one attached hydrogen (secondary N) is 2. The van der Waals surface area contributed by atoms with Crippen molar-refractivity contribution in [2.45, 2.75) is 6.10 Å². The molecule has 0 saturated carbocycles. The number of ether oxygens (including phenoxy) is 1. The van der Waals surface area contributed by atoms with Crippen LogP contribution in [0.4, 0.5) is 23.0 Å². The summed E-state index contributed by atoms with van der Waals surface area (Å²) in [4.78, 5) is 30.4. The van der Waals surface area contributed by atoms with E-state index in [9.17, 15) is 9.90 Å². The zero-order valence-corrected chi connectivity index (χ0v) is 22.6. The van der Waals surface area contributed by atoms with Gasteiger partial charge in [0, 0.05) is 66.1 Å². The highest BCUT2D eigenvalue weighted by molar-refractivity contribution is 6.00. The van der Waals surface area contributed by atoms with E-state index < -0.39 is 0 Å². The first-order valence-corrected chi connectivity index (χ1v) is 13.2. The maximum atomic E-state index is 12.3. The van der Waals surface area contributed by atoms with Gasteiger partial charge in [0.1, 0.15) is 5.52 Å². The van der Waals surface area contributed by atoms with E-state index in [1.54, 1.807) is 12.4 Å². The first kappa shape index (κ1) is 27.2. The highest BCUT2D eigenvalue weighted by Crippen LogP contribution is 2.28. The molecule has 3 heterocycles. The van der Waals surface area contributed by atoms with Gasteiger partial charge in [-0.05, 0) is 56.6 Å². The second kappa shape index (κ2) is 12.6. The number of benzene rings is 2. The summed E-state index contributed by atoms with van der Waals surface area (Å²) in [5, 5.41) is 16.5. The van der Waals surface area contributed by atoms with Crippen LogP contribution in [-0.4, -0.2) is 83.9 Å². The van der Waals surface area contributed by atoms with Gasteiger partial charge in [-0.15, -0.1) is 0 Å². The zero-order valence-electron chi connectivity index (χ0n) is 22.6. The number of morpholine rings is 1. The highest BCUT2D eigenvalue weighted by Gasteiger charge is 2.20. The molecule has 1 atom stereocenters. The molecule has 1 amide bonds. The lowest BCUT2D eigenvalue weighted by Crippen LogP contribution is -2.44. The Morgan fingerprint density at radius 1 is 1.15 bits per heavy atom. The summed E-state index contributed by atoms with van der Waals surface area (Å²) in [6, 6.07) is 17.5. The minimum atomic E-state index is -0.188. The number of fused-ring (bicyclic) bond motifs is 1. The second-order valence-electron chi connectivity index (χ2n) is 9.82. The molecule has 1 unspecified atom stereocenters. The van der Waals surface area contributed by atoms with Crippen molar-refractivity contribution in [2.24, 2.45) is 0 Å². The number of rotatable bonds is 9. The molecular weight excluding hydrogens is 506 g/mol. The molecule has 1 aliphatic heterocycles. The normalized spacial score (nSPS) is 15.6. The van der Waals surface area contributed by atoms with Crippen molar-refractivity contribution in [1.29, 1.82) is 0 Å². The molecule has 1 fully saturated rings. The molecule has 0 radical (unpaired) electrons. The molecule has 0 aliphatic carbocycles. The number of hydrogen-bond donors (Lipinski definition) is 3. The third-order valence-corrected chi connectivity index (χ3v) is 6.47. The molecule has 0 bridgehead atoms. The van der Waals surface area contributed by atoms with Gasteiger partial charge < -0.3 is 30.3 Å². The molecule has 2 aromatic heterocycles. The average Bonchev–Trinajstić information content (AvgIpc) is 2.97. The van der Waals surface area contributed by atoms with Crippen molar-refractivity contribution in [1.82, 2.24) is 19.9 Å². The Kier molecular flexibility index (Phi) is 8.60. The lowest BCUT2D eigenvalue weighted by atomic mass is 10.1. The lowest BCUT2D eigenvalue weighted by molar-refractivity contribution is -0.111. The number of amides is 1. The van der Waals surface area contributed by atoms with E-state index in [2.05, 4.69) is 25.5 Å². The van der Waals surface area contributed by atoms with Crippen LogP contribution in [0.25, 0.3) is 22.2 Å². The van der Waals surface area contributed by atoms with E-state index >= 15 is 0 Å². The van der Waals surface area contributed by atoms with Crippen LogP contribution in [0.5, 0.6) is 0 Å². The molecule has 2 aromatic carbocycles. The maximum Gasteiger partial charge on any atom is 0.248 e. The molecule has 0 spiro atoms. The van der Waals surface area contributed by atoms with Crippen LogP contribution in [-0.2, 0) is 9.53 Å². The summed E-state index contributed by atoms with van der Waals surface area (Å²) in [7, 11) is 3.90. The molecule has 4 aromatic rings. The number of nitrogens with zero attached hydrogens (tertiary/aromatic N) is 5. The van der Waals surface area contributed by atoms with Crippen molar-refractivity contribution >= 4 is 39.8 Å². The van der Waals surface area contributed by atoms with Crippen LogP contribution in [0.3, 0.4) is 0 Å². The summed E-state index contributed by atoms with van der Waals surface area (Å²) in [6.45, 7) is 2.73. The van der Waals surface area contributed by atoms with Gasteiger partial charge in [0.2, 0.25) is 11.9 Å². The molecular formula is C30H33N7O3. The maximum absolute atomic E-state index is 12.3. The predicted molar refractivity (Wildman–Crippen MR) is 158 cm³/mol. The number of aromatic nitrogens is 3. The van der Waals surface area contributed by atoms with Gasteiger partial charge in [-0.2, -0.15) is 0 Å². The second-order valence-corrected chi connectivity index (χ2v) is 9.82. The number of aliphatic hydroxyl groups is 1. The standard InChI is InChI=1S/C30H33N7O3/c1-36(2)14-4-7-27(39)33-24-6-3-5-21(17-24)28-29-22(12-13-31-28)18-32-30(35-29)34-23-8-10-25(11-9-23)37-15-16-40-26(19-37)20-38/h3-13,17-18,26,38H,14-16,19-20H2,1-2H3,(H,33,39)(H,32,34,35). The molecule has 3 N–H and O–H groups in total. The molecule has 10 nitrogen and oxygen atoms in total. The van der Waals surface area contributed by atoms with Gasteiger partial charge in [0.05, 0.1) is 25.0 Å². The van der Waals surface area contributed by atoms with E-state index in [1.807, 2.05) is 79.7 Å². The summed E-state index contributed by atoms with van der Waals surface area (Å²) in [6.07, 6.45) is 6.69. The van der Waals surface area contributed by atoms with Crippen molar-refractivity contribution in [3.8, 4) is 11.3 Å². The Bertz CT molecular complexity index is 1490. The fourth-order valence-electron chi connectivity index (χ4n) is 4.48. The van der Waals surface area contributed by atoms with Gasteiger partial charge in [0.15, 0.2) is 0 Å². The Labute approximate surface area is 233 Å². The smallest absolute Gasteiger partial charge is 0.248 e. The van der Waals surface area contributed by atoms with Crippen molar-refractivity contribution < 1.29 is 14.6 Å². The fraction of sp³-hybridized carbons (Fsp3) is 0.267. The van der Waals surface area contributed by atoms with E-state index in [0.29, 0.717) is 42.5 Å². The minimum absolute atomic E-state index is 0.0135. The van der Waals surface area contributed by atoms with Crippen LogP contribution >= 0.6 is 0 Å². The van der Waals surface area contributed by atoms with Crippen LogP contribution in [0, 0.1) is 0 Å². The molecule has 5 rings (SSSR count). The lowest BCUT2D eigenvalue weighted by Gasteiger charge is -2.33. The number of hydrogen-bond acceptors (Lipinski definition) is 9. The number of anilines is 4.